The van der Waals surface area contributed by atoms with Crippen LogP contribution in [-0.2, 0) is 10.2 Å². The lowest BCUT2D eigenvalue weighted by Gasteiger charge is -2.37. The van der Waals surface area contributed by atoms with E-state index in [4.69, 9.17) is 5.73 Å². The molecule has 28 heavy (non-hydrogen) atoms. The number of nitrogens with two attached hydrogens (primary N) is 1. The SMILES string of the molecule is CC1=[N+](C)CCN1C1CCC(C(C(N)=O)(c2ccccc2)c2ccccc2)C1. The molecule has 2 aromatic carbocycles. The largest absolute Gasteiger partial charge is 0.369 e. The number of primary amides is 1. The van der Waals surface area contributed by atoms with Gasteiger partial charge in [0.15, 0.2) is 0 Å². The van der Waals surface area contributed by atoms with Gasteiger partial charge in [-0.3, -0.25) is 14.3 Å². The van der Waals surface area contributed by atoms with Crippen LogP contribution in [0.15, 0.2) is 60.7 Å². The van der Waals surface area contributed by atoms with Crippen LogP contribution in [0.3, 0.4) is 0 Å². The molecule has 1 amide bonds. The molecule has 0 saturated heterocycles. The van der Waals surface area contributed by atoms with Crippen molar-refractivity contribution < 1.29 is 9.37 Å². The normalized spacial score (nSPS) is 22.7. The van der Waals surface area contributed by atoms with Crippen LogP contribution < -0.4 is 5.73 Å². The van der Waals surface area contributed by atoms with Gasteiger partial charge in [0.25, 0.3) is 0 Å². The van der Waals surface area contributed by atoms with E-state index in [1.807, 2.05) is 36.4 Å². The summed E-state index contributed by atoms with van der Waals surface area (Å²) in [5.74, 6) is 1.29. The second-order valence-electron chi connectivity index (χ2n) is 8.23. The molecular formula is C24H30N3O+. The molecule has 1 aliphatic carbocycles. The molecule has 2 unspecified atom stereocenters. The number of likely N-dealkylation sites (N-methyl/N-ethyl adjacent to an activating group) is 1. The summed E-state index contributed by atoms with van der Waals surface area (Å²) in [5.41, 5.74) is 7.44. The molecule has 4 nitrogen and oxygen atoms in total. The summed E-state index contributed by atoms with van der Waals surface area (Å²) in [5, 5.41) is 0. The van der Waals surface area contributed by atoms with Crippen LogP contribution in [0.1, 0.15) is 37.3 Å². The molecule has 1 heterocycles. The first-order valence-electron chi connectivity index (χ1n) is 10.3. The van der Waals surface area contributed by atoms with E-state index in [9.17, 15) is 4.79 Å². The van der Waals surface area contributed by atoms with Gasteiger partial charge in [0, 0.05) is 6.92 Å². The number of carbonyl (C=O) groups is 1. The van der Waals surface area contributed by atoms with Crippen molar-refractivity contribution in [3.8, 4) is 0 Å². The van der Waals surface area contributed by atoms with E-state index in [2.05, 4.69) is 47.7 Å². The Morgan fingerprint density at radius 3 is 2.07 bits per heavy atom. The van der Waals surface area contributed by atoms with Gasteiger partial charge in [0.05, 0.1) is 13.1 Å². The second-order valence-corrected chi connectivity index (χ2v) is 8.23. The highest BCUT2D eigenvalue weighted by molar-refractivity contribution is 5.91. The molecular weight excluding hydrogens is 346 g/mol. The number of nitrogens with zero attached hydrogens (tertiary/aromatic N) is 2. The van der Waals surface area contributed by atoms with Crippen molar-refractivity contribution in [3.05, 3.63) is 71.8 Å². The van der Waals surface area contributed by atoms with Crippen LogP contribution in [-0.4, -0.2) is 47.4 Å². The number of hydrogen-bond donors (Lipinski definition) is 1. The third kappa shape index (κ3) is 2.92. The van der Waals surface area contributed by atoms with Gasteiger partial charge in [-0.25, -0.2) is 0 Å². The Hall–Kier alpha value is -2.62. The van der Waals surface area contributed by atoms with Crippen molar-refractivity contribution >= 4 is 11.7 Å². The van der Waals surface area contributed by atoms with Gasteiger partial charge in [-0.15, -0.1) is 0 Å². The van der Waals surface area contributed by atoms with Crippen molar-refractivity contribution in [3.63, 3.8) is 0 Å². The molecule has 2 atom stereocenters. The van der Waals surface area contributed by atoms with Crippen molar-refractivity contribution in [2.75, 3.05) is 20.1 Å². The predicted octanol–water partition coefficient (Wildman–Crippen LogP) is 3.00. The van der Waals surface area contributed by atoms with Gasteiger partial charge in [-0.1, -0.05) is 60.7 Å². The lowest BCUT2D eigenvalue weighted by Crippen LogP contribution is -2.48. The highest BCUT2D eigenvalue weighted by Gasteiger charge is 2.52. The van der Waals surface area contributed by atoms with Gasteiger partial charge < -0.3 is 5.73 Å². The molecule has 146 valence electrons. The van der Waals surface area contributed by atoms with Crippen molar-refractivity contribution in [1.82, 2.24) is 4.90 Å². The zero-order chi connectivity index (χ0) is 19.7. The molecule has 4 rings (SSSR count). The quantitative estimate of drug-likeness (QED) is 0.816. The van der Waals surface area contributed by atoms with Crippen molar-refractivity contribution in [2.45, 2.75) is 37.6 Å². The standard InChI is InChI=1S/C24H29N3O/c1-18-26(2)15-16-27(18)22-14-13-21(17-22)24(23(25)28,19-9-5-3-6-10-19)20-11-7-4-8-12-20/h3-12,21-22H,13-17H2,1-2H3,(H-,25,28)/p+1. The topological polar surface area (TPSA) is 49.3 Å². The fourth-order valence-corrected chi connectivity index (χ4v) is 5.41. The van der Waals surface area contributed by atoms with Crippen LogP contribution in [0.4, 0.5) is 0 Å². The molecule has 1 saturated carbocycles. The van der Waals surface area contributed by atoms with Gasteiger partial charge >= 0.3 is 0 Å². The third-order valence-corrected chi connectivity index (χ3v) is 6.95. The highest BCUT2D eigenvalue weighted by atomic mass is 16.1. The molecule has 2 aromatic rings. The number of amides is 1. The first-order valence-corrected chi connectivity index (χ1v) is 10.3. The third-order valence-electron chi connectivity index (χ3n) is 6.95. The predicted molar refractivity (Wildman–Crippen MR) is 112 cm³/mol. The molecule has 2 N–H and O–H groups in total. The lowest BCUT2D eigenvalue weighted by molar-refractivity contribution is -0.487. The zero-order valence-corrected chi connectivity index (χ0v) is 16.8. The fraction of sp³-hybridized carbons (Fsp3) is 0.417. The minimum absolute atomic E-state index is 0.193. The van der Waals surface area contributed by atoms with Crippen LogP contribution in [0, 0.1) is 5.92 Å². The summed E-state index contributed by atoms with van der Waals surface area (Å²) in [4.78, 5) is 15.7. The summed E-state index contributed by atoms with van der Waals surface area (Å²) in [6.07, 6.45) is 3.09. The average molecular weight is 377 g/mol. The Labute approximate surface area is 167 Å². The maximum Gasteiger partial charge on any atom is 0.243 e. The molecule has 0 spiro atoms. The number of benzene rings is 2. The molecule has 0 radical (unpaired) electrons. The molecule has 0 bridgehead atoms. The summed E-state index contributed by atoms with van der Waals surface area (Å²) in [6, 6.07) is 20.8. The second kappa shape index (κ2) is 7.42. The van der Waals surface area contributed by atoms with Gasteiger partial charge in [-0.2, -0.15) is 0 Å². The van der Waals surface area contributed by atoms with E-state index in [-0.39, 0.29) is 11.8 Å². The van der Waals surface area contributed by atoms with E-state index in [0.29, 0.717) is 6.04 Å². The Morgan fingerprint density at radius 2 is 1.61 bits per heavy atom. The van der Waals surface area contributed by atoms with E-state index in [0.717, 1.165) is 43.5 Å². The highest BCUT2D eigenvalue weighted by Crippen LogP contribution is 2.48. The van der Waals surface area contributed by atoms with E-state index >= 15 is 0 Å². The minimum Gasteiger partial charge on any atom is -0.369 e. The Bertz CT molecular complexity index is 836. The fourth-order valence-electron chi connectivity index (χ4n) is 5.41. The van der Waals surface area contributed by atoms with Gasteiger partial charge in [-0.05, 0) is 36.3 Å². The monoisotopic (exact) mass is 376 g/mol. The summed E-state index contributed by atoms with van der Waals surface area (Å²) in [6.45, 7) is 4.35. The Morgan fingerprint density at radius 1 is 1.04 bits per heavy atom. The first kappa shape index (κ1) is 18.7. The summed E-state index contributed by atoms with van der Waals surface area (Å²) in [7, 11) is 2.16. The van der Waals surface area contributed by atoms with E-state index in [1.54, 1.807) is 0 Å². The summed E-state index contributed by atoms with van der Waals surface area (Å²) < 4.78 is 2.32. The van der Waals surface area contributed by atoms with E-state index in [1.165, 1.54) is 5.84 Å². The van der Waals surface area contributed by atoms with Gasteiger partial charge in [0.1, 0.15) is 18.5 Å². The number of amidine groups is 1. The van der Waals surface area contributed by atoms with Gasteiger partial charge in [0.2, 0.25) is 11.7 Å². The van der Waals surface area contributed by atoms with Crippen molar-refractivity contribution in [1.29, 1.82) is 0 Å². The average Bonchev–Trinajstić information content (AvgIpc) is 3.32. The Kier molecular flexibility index (Phi) is 4.96. The van der Waals surface area contributed by atoms with Crippen LogP contribution in [0.5, 0.6) is 0 Å². The zero-order valence-electron chi connectivity index (χ0n) is 16.8. The molecule has 2 aliphatic rings. The smallest absolute Gasteiger partial charge is 0.243 e. The number of carbonyl (C=O) groups excluding carboxylic acids is 1. The van der Waals surface area contributed by atoms with Crippen LogP contribution >= 0.6 is 0 Å². The maximum absolute atomic E-state index is 13.1. The molecule has 1 fully saturated rings. The minimum atomic E-state index is -0.781. The maximum atomic E-state index is 13.1. The lowest BCUT2D eigenvalue weighted by atomic mass is 9.64. The Balaban J connectivity index is 1.76. The summed E-state index contributed by atoms with van der Waals surface area (Å²) >= 11 is 0. The molecule has 0 aromatic heterocycles. The van der Waals surface area contributed by atoms with Crippen LogP contribution in [0.2, 0.25) is 0 Å². The molecule has 1 aliphatic heterocycles. The first-order chi connectivity index (χ1) is 13.5. The number of rotatable bonds is 5. The van der Waals surface area contributed by atoms with Crippen molar-refractivity contribution in [2.24, 2.45) is 11.7 Å². The molecule has 4 heteroatoms. The number of hydrogen-bond acceptors (Lipinski definition) is 2. The van der Waals surface area contributed by atoms with E-state index < -0.39 is 5.41 Å². The van der Waals surface area contributed by atoms with Crippen LogP contribution in [0.25, 0.3) is 0 Å².